The molecular formula is C11H15IN2O. The van der Waals surface area contributed by atoms with Gasteiger partial charge in [-0.1, -0.05) is 12.1 Å². The number of hydrogen-bond acceptors (Lipinski definition) is 2. The Balaban J connectivity index is 2.66. The van der Waals surface area contributed by atoms with E-state index in [2.05, 4.69) is 27.9 Å². The van der Waals surface area contributed by atoms with Crippen molar-refractivity contribution in [2.45, 2.75) is 19.4 Å². The van der Waals surface area contributed by atoms with Gasteiger partial charge in [0.15, 0.2) is 0 Å². The summed E-state index contributed by atoms with van der Waals surface area (Å²) in [4.78, 5) is 11.7. The maximum Gasteiger partial charge on any atom is 0.252 e. The van der Waals surface area contributed by atoms with Gasteiger partial charge in [-0.2, -0.15) is 0 Å². The van der Waals surface area contributed by atoms with E-state index in [-0.39, 0.29) is 11.4 Å². The standard InChI is InChI=1S/C11H15IN2O/c1-11(2,13)7-14-10(15)8-5-3-4-6-9(8)12/h3-6H,7,13H2,1-2H3,(H,14,15). The minimum atomic E-state index is -0.379. The Morgan fingerprint density at radius 3 is 2.60 bits per heavy atom. The lowest BCUT2D eigenvalue weighted by atomic mass is 10.1. The van der Waals surface area contributed by atoms with Crippen molar-refractivity contribution in [3.63, 3.8) is 0 Å². The Morgan fingerprint density at radius 2 is 2.07 bits per heavy atom. The topological polar surface area (TPSA) is 55.1 Å². The molecule has 0 radical (unpaired) electrons. The minimum Gasteiger partial charge on any atom is -0.350 e. The lowest BCUT2D eigenvalue weighted by Crippen LogP contribution is -2.45. The fourth-order valence-corrected chi connectivity index (χ4v) is 1.68. The third-order valence-corrected chi connectivity index (χ3v) is 2.76. The van der Waals surface area contributed by atoms with Crippen LogP contribution < -0.4 is 11.1 Å². The molecular weight excluding hydrogens is 303 g/mol. The summed E-state index contributed by atoms with van der Waals surface area (Å²) in [7, 11) is 0. The summed E-state index contributed by atoms with van der Waals surface area (Å²) in [6, 6.07) is 7.47. The molecule has 3 N–H and O–H groups in total. The van der Waals surface area contributed by atoms with Crippen LogP contribution in [0.25, 0.3) is 0 Å². The number of nitrogens with one attached hydrogen (secondary N) is 1. The normalized spacial score (nSPS) is 11.2. The molecule has 0 spiro atoms. The van der Waals surface area contributed by atoms with E-state index in [9.17, 15) is 4.79 Å². The van der Waals surface area contributed by atoms with Gasteiger partial charge in [0.1, 0.15) is 0 Å². The molecule has 1 aromatic rings. The van der Waals surface area contributed by atoms with E-state index in [4.69, 9.17) is 5.73 Å². The fourth-order valence-electron chi connectivity index (χ4n) is 1.05. The molecule has 0 unspecified atom stereocenters. The SMILES string of the molecule is CC(C)(N)CNC(=O)c1ccccc1I. The molecule has 0 saturated carbocycles. The Morgan fingerprint density at radius 1 is 1.47 bits per heavy atom. The van der Waals surface area contributed by atoms with Crippen LogP contribution in [-0.4, -0.2) is 18.0 Å². The van der Waals surface area contributed by atoms with E-state index in [1.807, 2.05) is 32.0 Å². The van der Waals surface area contributed by atoms with E-state index < -0.39 is 0 Å². The summed E-state index contributed by atoms with van der Waals surface area (Å²) in [5.41, 5.74) is 6.10. The number of carbonyl (C=O) groups is 1. The number of nitrogens with two attached hydrogens (primary N) is 1. The van der Waals surface area contributed by atoms with Gasteiger partial charge in [0, 0.05) is 15.7 Å². The Kier molecular flexibility index (Phi) is 4.10. The van der Waals surface area contributed by atoms with Gasteiger partial charge < -0.3 is 11.1 Å². The summed E-state index contributed by atoms with van der Waals surface area (Å²) >= 11 is 2.14. The van der Waals surface area contributed by atoms with Crippen molar-refractivity contribution >= 4 is 28.5 Å². The molecule has 0 bridgehead atoms. The first kappa shape index (κ1) is 12.4. The second kappa shape index (κ2) is 4.94. The zero-order valence-corrected chi connectivity index (χ0v) is 11.0. The maximum absolute atomic E-state index is 11.7. The van der Waals surface area contributed by atoms with Crippen LogP contribution in [0, 0.1) is 3.57 Å². The number of halogens is 1. The smallest absolute Gasteiger partial charge is 0.252 e. The molecule has 4 heteroatoms. The molecule has 1 rings (SSSR count). The number of rotatable bonds is 3. The largest absolute Gasteiger partial charge is 0.350 e. The summed E-state index contributed by atoms with van der Waals surface area (Å²) in [5.74, 6) is -0.0708. The monoisotopic (exact) mass is 318 g/mol. The highest BCUT2D eigenvalue weighted by molar-refractivity contribution is 14.1. The quantitative estimate of drug-likeness (QED) is 0.835. The molecule has 1 aromatic carbocycles. The highest BCUT2D eigenvalue weighted by Gasteiger charge is 2.14. The molecule has 15 heavy (non-hydrogen) atoms. The molecule has 0 aliphatic carbocycles. The predicted octanol–water partition coefficient (Wildman–Crippen LogP) is 1.76. The Hall–Kier alpha value is -0.620. The molecule has 0 aliphatic heterocycles. The average molecular weight is 318 g/mol. The van der Waals surface area contributed by atoms with Gasteiger partial charge in [-0.05, 0) is 48.6 Å². The summed E-state index contributed by atoms with van der Waals surface area (Å²) in [5, 5.41) is 2.81. The van der Waals surface area contributed by atoms with Crippen LogP contribution in [0.5, 0.6) is 0 Å². The number of benzene rings is 1. The van der Waals surface area contributed by atoms with Gasteiger partial charge in [0.05, 0.1) is 5.56 Å². The summed E-state index contributed by atoms with van der Waals surface area (Å²) in [6.07, 6.45) is 0. The van der Waals surface area contributed by atoms with Gasteiger partial charge in [-0.3, -0.25) is 4.79 Å². The highest BCUT2D eigenvalue weighted by atomic mass is 127. The van der Waals surface area contributed by atoms with Crippen molar-refractivity contribution < 1.29 is 4.79 Å². The van der Waals surface area contributed by atoms with Gasteiger partial charge in [0.2, 0.25) is 0 Å². The lowest BCUT2D eigenvalue weighted by molar-refractivity contribution is 0.0945. The molecule has 0 saturated heterocycles. The average Bonchev–Trinajstić information content (AvgIpc) is 2.14. The van der Waals surface area contributed by atoms with Crippen molar-refractivity contribution in [3.05, 3.63) is 33.4 Å². The molecule has 0 fully saturated rings. The zero-order valence-electron chi connectivity index (χ0n) is 8.88. The molecule has 3 nitrogen and oxygen atoms in total. The molecule has 82 valence electrons. The third kappa shape index (κ3) is 4.17. The molecule has 0 aliphatic rings. The van der Waals surface area contributed by atoms with Crippen molar-refractivity contribution in [1.29, 1.82) is 0 Å². The second-order valence-corrected chi connectivity index (χ2v) is 5.31. The van der Waals surface area contributed by atoms with Crippen molar-refractivity contribution in [1.82, 2.24) is 5.32 Å². The van der Waals surface area contributed by atoms with Crippen LogP contribution in [0.3, 0.4) is 0 Å². The Bertz CT molecular complexity index is 358. The van der Waals surface area contributed by atoms with E-state index >= 15 is 0 Å². The number of hydrogen-bond donors (Lipinski definition) is 2. The van der Waals surface area contributed by atoms with E-state index in [0.717, 1.165) is 3.57 Å². The lowest BCUT2D eigenvalue weighted by Gasteiger charge is -2.19. The van der Waals surface area contributed by atoms with Crippen molar-refractivity contribution in [2.24, 2.45) is 5.73 Å². The van der Waals surface area contributed by atoms with E-state index in [1.54, 1.807) is 6.07 Å². The van der Waals surface area contributed by atoms with Crippen LogP contribution in [0.4, 0.5) is 0 Å². The second-order valence-electron chi connectivity index (χ2n) is 4.15. The van der Waals surface area contributed by atoms with E-state index in [1.165, 1.54) is 0 Å². The van der Waals surface area contributed by atoms with Gasteiger partial charge >= 0.3 is 0 Å². The molecule has 0 atom stereocenters. The Labute approximate surface area is 104 Å². The third-order valence-electron chi connectivity index (χ3n) is 1.82. The number of amides is 1. The van der Waals surface area contributed by atoms with Crippen LogP contribution in [0.2, 0.25) is 0 Å². The number of carbonyl (C=O) groups excluding carboxylic acids is 1. The molecule has 1 amide bonds. The van der Waals surface area contributed by atoms with Crippen LogP contribution in [0.15, 0.2) is 24.3 Å². The molecule has 0 heterocycles. The van der Waals surface area contributed by atoms with Gasteiger partial charge in [0.25, 0.3) is 5.91 Å². The first-order valence-corrected chi connectivity index (χ1v) is 5.79. The van der Waals surface area contributed by atoms with Gasteiger partial charge in [-0.25, -0.2) is 0 Å². The maximum atomic E-state index is 11.7. The summed E-state index contributed by atoms with van der Waals surface area (Å²) in [6.45, 7) is 4.23. The highest BCUT2D eigenvalue weighted by Crippen LogP contribution is 2.11. The first-order valence-electron chi connectivity index (χ1n) is 4.72. The minimum absolute atomic E-state index is 0.0708. The first-order chi connectivity index (χ1) is 6.90. The van der Waals surface area contributed by atoms with Gasteiger partial charge in [-0.15, -0.1) is 0 Å². The van der Waals surface area contributed by atoms with E-state index in [0.29, 0.717) is 12.1 Å². The van der Waals surface area contributed by atoms with Crippen LogP contribution >= 0.6 is 22.6 Å². The summed E-state index contributed by atoms with van der Waals surface area (Å²) < 4.78 is 0.947. The zero-order chi connectivity index (χ0) is 11.5. The van der Waals surface area contributed by atoms with Crippen molar-refractivity contribution in [3.8, 4) is 0 Å². The van der Waals surface area contributed by atoms with Crippen molar-refractivity contribution in [2.75, 3.05) is 6.54 Å². The van der Waals surface area contributed by atoms with Crippen LogP contribution in [-0.2, 0) is 0 Å². The molecule has 0 aromatic heterocycles. The van der Waals surface area contributed by atoms with Crippen LogP contribution in [0.1, 0.15) is 24.2 Å². The predicted molar refractivity (Wildman–Crippen MR) is 69.8 cm³/mol. The fraction of sp³-hybridized carbons (Fsp3) is 0.364.